The minimum absolute atomic E-state index is 0.109. The quantitative estimate of drug-likeness (QED) is 0.740. The summed E-state index contributed by atoms with van der Waals surface area (Å²) in [5, 5.41) is 6.05. The topological polar surface area (TPSA) is 67.2 Å². The van der Waals surface area contributed by atoms with E-state index in [2.05, 4.69) is 17.6 Å². The van der Waals surface area contributed by atoms with Crippen LogP contribution in [0.3, 0.4) is 0 Å². The minimum atomic E-state index is -0.109. The van der Waals surface area contributed by atoms with Crippen molar-refractivity contribution in [1.29, 1.82) is 0 Å². The van der Waals surface area contributed by atoms with E-state index in [0.29, 0.717) is 16.7 Å². The average molecular weight is 275 g/mol. The van der Waals surface area contributed by atoms with Gasteiger partial charge in [-0.2, -0.15) is 0 Å². The number of carbonyl (C=O) groups is 1. The molecular weight excluding hydrogens is 250 g/mol. The Morgan fingerprint density at radius 1 is 1.30 bits per heavy atom. The molecule has 0 aromatic heterocycles. The van der Waals surface area contributed by atoms with E-state index in [4.69, 9.17) is 5.73 Å². The van der Waals surface area contributed by atoms with Crippen LogP contribution in [0.5, 0.6) is 0 Å². The van der Waals surface area contributed by atoms with E-state index in [1.807, 2.05) is 6.07 Å². The van der Waals surface area contributed by atoms with Gasteiger partial charge >= 0.3 is 0 Å². The Hall–Kier alpha value is -1.71. The van der Waals surface area contributed by atoms with Crippen LogP contribution in [-0.4, -0.2) is 19.5 Å². The number of rotatable bonds is 4. The summed E-state index contributed by atoms with van der Waals surface area (Å²) < 4.78 is 0. The molecule has 2 rings (SSSR count). The van der Waals surface area contributed by atoms with Gasteiger partial charge in [-0.05, 0) is 36.5 Å². The zero-order valence-electron chi connectivity index (χ0n) is 12.5. The Morgan fingerprint density at radius 2 is 2.00 bits per heavy atom. The lowest BCUT2D eigenvalue weighted by Crippen LogP contribution is -2.29. The molecular formula is C16H25N3O. The zero-order valence-corrected chi connectivity index (χ0v) is 12.5. The number of hydrogen-bond acceptors (Lipinski definition) is 3. The van der Waals surface area contributed by atoms with Crippen LogP contribution in [0, 0.1) is 5.41 Å². The van der Waals surface area contributed by atoms with Crippen LogP contribution in [0.2, 0.25) is 0 Å². The van der Waals surface area contributed by atoms with Gasteiger partial charge in [0.25, 0.3) is 5.91 Å². The summed E-state index contributed by atoms with van der Waals surface area (Å²) in [7, 11) is 1.62. The lowest BCUT2D eigenvalue weighted by Gasteiger charge is -2.34. The molecule has 0 bridgehead atoms. The van der Waals surface area contributed by atoms with Crippen molar-refractivity contribution in [1.82, 2.24) is 5.32 Å². The van der Waals surface area contributed by atoms with E-state index in [9.17, 15) is 4.79 Å². The van der Waals surface area contributed by atoms with Gasteiger partial charge in [0, 0.05) is 19.2 Å². The van der Waals surface area contributed by atoms with Gasteiger partial charge < -0.3 is 16.4 Å². The van der Waals surface area contributed by atoms with Gasteiger partial charge in [-0.25, -0.2) is 0 Å². The van der Waals surface area contributed by atoms with Gasteiger partial charge in [0.05, 0.1) is 11.4 Å². The first-order chi connectivity index (χ1) is 9.54. The van der Waals surface area contributed by atoms with Gasteiger partial charge in [-0.1, -0.05) is 26.2 Å². The molecule has 4 heteroatoms. The number of nitrogen functional groups attached to an aromatic ring is 1. The zero-order chi connectivity index (χ0) is 14.6. The van der Waals surface area contributed by atoms with Crippen molar-refractivity contribution in [2.75, 3.05) is 24.6 Å². The monoisotopic (exact) mass is 275 g/mol. The number of nitrogens with one attached hydrogen (secondary N) is 2. The molecule has 1 fully saturated rings. The molecule has 4 N–H and O–H groups in total. The van der Waals surface area contributed by atoms with Crippen molar-refractivity contribution in [3.05, 3.63) is 23.8 Å². The predicted molar refractivity (Wildman–Crippen MR) is 83.9 cm³/mol. The summed E-state index contributed by atoms with van der Waals surface area (Å²) in [6, 6.07) is 5.43. The van der Waals surface area contributed by atoms with Crippen molar-refractivity contribution >= 4 is 17.3 Å². The fraction of sp³-hybridized carbons (Fsp3) is 0.562. The lowest BCUT2D eigenvalue weighted by molar-refractivity contribution is 0.0963. The van der Waals surface area contributed by atoms with Crippen molar-refractivity contribution in [3.8, 4) is 0 Å². The molecule has 20 heavy (non-hydrogen) atoms. The summed E-state index contributed by atoms with van der Waals surface area (Å²) >= 11 is 0. The molecule has 1 aliphatic carbocycles. The molecule has 0 atom stereocenters. The van der Waals surface area contributed by atoms with E-state index in [-0.39, 0.29) is 5.91 Å². The fourth-order valence-electron chi connectivity index (χ4n) is 2.90. The van der Waals surface area contributed by atoms with Crippen molar-refractivity contribution in [2.45, 2.75) is 39.0 Å². The number of hydrogen-bond donors (Lipinski definition) is 3. The van der Waals surface area contributed by atoms with E-state index >= 15 is 0 Å². The third-order valence-corrected chi connectivity index (χ3v) is 4.31. The Morgan fingerprint density at radius 3 is 2.60 bits per heavy atom. The summed E-state index contributed by atoms with van der Waals surface area (Å²) in [6.45, 7) is 3.28. The predicted octanol–water partition coefficient (Wildman–Crippen LogP) is 3.01. The number of anilines is 2. The number of benzene rings is 1. The SMILES string of the molecule is CNC(=O)c1ccc(NCC2(C)CCCCC2)c(N)c1. The molecule has 1 amide bonds. The summed E-state index contributed by atoms with van der Waals surface area (Å²) in [6.07, 6.45) is 6.55. The highest BCUT2D eigenvalue weighted by atomic mass is 16.1. The van der Waals surface area contributed by atoms with Crippen molar-refractivity contribution < 1.29 is 4.79 Å². The minimum Gasteiger partial charge on any atom is -0.397 e. The highest BCUT2D eigenvalue weighted by Crippen LogP contribution is 2.36. The summed E-state index contributed by atoms with van der Waals surface area (Å²) in [5.41, 5.74) is 8.54. The largest absolute Gasteiger partial charge is 0.397 e. The van der Waals surface area contributed by atoms with Crippen LogP contribution >= 0.6 is 0 Å². The highest BCUT2D eigenvalue weighted by Gasteiger charge is 2.26. The lowest BCUT2D eigenvalue weighted by atomic mass is 9.76. The third kappa shape index (κ3) is 3.44. The first-order valence-corrected chi connectivity index (χ1v) is 7.40. The van der Waals surface area contributed by atoms with E-state index in [1.165, 1.54) is 32.1 Å². The molecule has 1 saturated carbocycles. The summed E-state index contributed by atoms with van der Waals surface area (Å²) in [5.74, 6) is -0.109. The Kier molecular flexibility index (Phi) is 4.53. The van der Waals surface area contributed by atoms with Crippen LogP contribution in [0.4, 0.5) is 11.4 Å². The second-order valence-corrected chi connectivity index (χ2v) is 6.11. The molecule has 0 saturated heterocycles. The van der Waals surface area contributed by atoms with Crippen LogP contribution in [-0.2, 0) is 0 Å². The second-order valence-electron chi connectivity index (χ2n) is 6.11. The van der Waals surface area contributed by atoms with Gasteiger partial charge in [-0.3, -0.25) is 4.79 Å². The maximum absolute atomic E-state index is 11.5. The second kappa shape index (κ2) is 6.16. The maximum Gasteiger partial charge on any atom is 0.251 e. The highest BCUT2D eigenvalue weighted by molar-refractivity contribution is 5.95. The van der Waals surface area contributed by atoms with E-state index in [0.717, 1.165) is 12.2 Å². The first-order valence-electron chi connectivity index (χ1n) is 7.40. The Labute approximate surface area is 121 Å². The number of amides is 1. The van der Waals surface area contributed by atoms with Crippen LogP contribution < -0.4 is 16.4 Å². The van der Waals surface area contributed by atoms with E-state index in [1.54, 1.807) is 19.2 Å². The Balaban J connectivity index is 2.01. The molecule has 0 radical (unpaired) electrons. The van der Waals surface area contributed by atoms with Crippen molar-refractivity contribution in [3.63, 3.8) is 0 Å². The fourth-order valence-corrected chi connectivity index (χ4v) is 2.90. The molecule has 0 spiro atoms. The van der Waals surface area contributed by atoms with Gasteiger partial charge in [-0.15, -0.1) is 0 Å². The molecule has 0 unspecified atom stereocenters. The van der Waals surface area contributed by atoms with Gasteiger partial charge in [0.1, 0.15) is 0 Å². The number of carbonyl (C=O) groups excluding carboxylic acids is 1. The van der Waals surface area contributed by atoms with Crippen molar-refractivity contribution in [2.24, 2.45) is 5.41 Å². The van der Waals surface area contributed by atoms with Gasteiger partial charge in [0.2, 0.25) is 0 Å². The molecule has 110 valence electrons. The standard InChI is InChI=1S/C16H25N3O/c1-16(8-4-3-5-9-16)11-19-14-7-6-12(10-13(14)17)15(20)18-2/h6-7,10,19H,3-5,8-9,11,17H2,1-2H3,(H,18,20). The van der Waals surface area contributed by atoms with Crippen LogP contribution in [0.25, 0.3) is 0 Å². The average Bonchev–Trinajstić information content (AvgIpc) is 2.46. The Bertz CT molecular complexity index is 479. The molecule has 1 aromatic rings. The normalized spacial score (nSPS) is 17.5. The van der Waals surface area contributed by atoms with Crippen LogP contribution in [0.15, 0.2) is 18.2 Å². The molecule has 4 nitrogen and oxygen atoms in total. The molecule has 1 aromatic carbocycles. The van der Waals surface area contributed by atoms with Crippen LogP contribution in [0.1, 0.15) is 49.4 Å². The third-order valence-electron chi connectivity index (χ3n) is 4.31. The molecule has 0 aliphatic heterocycles. The first kappa shape index (κ1) is 14.7. The number of nitrogens with two attached hydrogens (primary N) is 1. The smallest absolute Gasteiger partial charge is 0.251 e. The summed E-state index contributed by atoms with van der Waals surface area (Å²) in [4.78, 5) is 11.5. The molecule has 1 aliphatic rings. The van der Waals surface area contributed by atoms with E-state index < -0.39 is 0 Å². The molecule has 0 heterocycles. The maximum atomic E-state index is 11.5. The van der Waals surface area contributed by atoms with Gasteiger partial charge in [0.15, 0.2) is 0 Å².